The van der Waals surface area contributed by atoms with Gasteiger partial charge in [0.2, 0.25) is 0 Å². The second kappa shape index (κ2) is 3.72. The molecular formula is C3H6Cl2O. The van der Waals surface area contributed by atoms with Crippen LogP contribution in [0.2, 0.25) is 0 Å². The molecule has 0 amide bonds. The van der Waals surface area contributed by atoms with Crippen molar-refractivity contribution in [3.63, 3.8) is 0 Å². The summed E-state index contributed by atoms with van der Waals surface area (Å²) in [5.74, 6) is 0.451. The van der Waals surface area contributed by atoms with Crippen LogP contribution < -0.4 is 0 Å². The van der Waals surface area contributed by atoms with Crippen molar-refractivity contribution in [1.29, 1.82) is 0 Å². The molecule has 0 radical (unpaired) electrons. The molecule has 0 fully saturated rings. The average Bonchev–Trinajstić information content (AvgIpc) is 1.65. The molecule has 0 spiro atoms. The average molecular weight is 131 g/mol. The summed E-state index contributed by atoms with van der Waals surface area (Å²) in [5.41, 5.74) is 0. The Morgan fingerprint density at radius 2 is 1.67 bits per heavy atom. The lowest BCUT2D eigenvalue weighted by Gasteiger charge is -1.94. The van der Waals surface area contributed by atoms with Crippen LogP contribution in [0, 0.1) is 0 Å². The van der Waals surface area contributed by atoms with E-state index in [1.807, 2.05) is 0 Å². The molecule has 1 N–H and O–H groups in total. The molecule has 0 atom stereocenters. The number of aliphatic hydroxyl groups excluding tert-OH is 1. The van der Waals surface area contributed by atoms with Gasteiger partial charge in [-0.2, -0.15) is 0 Å². The minimum Gasteiger partial charge on any atom is -0.391 e. The van der Waals surface area contributed by atoms with Crippen LogP contribution in [0.1, 0.15) is 0 Å². The lowest BCUT2D eigenvalue weighted by atomic mass is 11.2. The molecule has 0 saturated heterocycles. The number of rotatable bonds is 2. The molecule has 0 bridgehead atoms. The third-order valence-electron chi connectivity index (χ3n) is 0.356. The zero-order valence-corrected chi connectivity index (χ0v) is 4.71. The molecule has 0 aromatic rings. The van der Waals surface area contributed by atoms with Gasteiger partial charge in [0.05, 0.1) is 6.10 Å². The minimum atomic E-state index is -0.534. The van der Waals surface area contributed by atoms with Crippen LogP contribution in [-0.4, -0.2) is 23.0 Å². The number of hydrogen-bond acceptors (Lipinski definition) is 1. The van der Waals surface area contributed by atoms with E-state index in [4.69, 9.17) is 28.3 Å². The first-order chi connectivity index (χ1) is 2.81. The van der Waals surface area contributed by atoms with Gasteiger partial charge in [0.15, 0.2) is 0 Å². The minimum absolute atomic E-state index is 0.226. The third kappa shape index (κ3) is 2.76. The van der Waals surface area contributed by atoms with Crippen molar-refractivity contribution in [3.05, 3.63) is 0 Å². The van der Waals surface area contributed by atoms with Gasteiger partial charge in [-0.15, -0.1) is 23.2 Å². The maximum atomic E-state index is 8.40. The molecule has 1 nitrogen and oxygen atoms in total. The quantitative estimate of drug-likeness (QED) is 0.550. The van der Waals surface area contributed by atoms with Gasteiger partial charge in [-0.1, -0.05) is 0 Å². The molecule has 0 aromatic heterocycles. The lowest BCUT2D eigenvalue weighted by Crippen LogP contribution is -2.08. The molecule has 0 aliphatic carbocycles. The van der Waals surface area contributed by atoms with Crippen molar-refractivity contribution >= 4 is 23.2 Å². The summed E-state index contributed by atoms with van der Waals surface area (Å²) >= 11 is 10.2. The number of alkyl halides is 2. The van der Waals surface area contributed by atoms with E-state index < -0.39 is 6.10 Å². The highest BCUT2D eigenvalue weighted by molar-refractivity contribution is 6.21. The summed E-state index contributed by atoms with van der Waals surface area (Å²) in [4.78, 5) is 0. The zero-order valence-electron chi connectivity index (χ0n) is 3.19. The van der Waals surface area contributed by atoms with E-state index in [2.05, 4.69) is 0 Å². The highest BCUT2D eigenvalue weighted by Gasteiger charge is 1.94. The second-order valence-electron chi connectivity index (χ2n) is 0.962. The lowest BCUT2D eigenvalue weighted by molar-refractivity contribution is 0.222. The molecule has 0 aromatic carbocycles. The van der Waals surface area contributed by atoms with Crippen LogP contribution in [0.25, 0.3) is 0 Å². The van der Waals surface area contributed by atoms with E-state index in [9.17, 15) is 0 Å². The van der Waals surface area contributed by atoms with Crippen molar-refractivity contribution in [2.75, 3.05) is 11.8 Å². The summed E-state index contributed by atoms with van der Waals surface area (Å²) in [6.07, 6.45) is -0.534. The third-order valence-corrected chi connectivity index (χ3v) is 1.07. The van der Waals surface area contributed by atoms with E-state index in [-0.39, 0.29) is 11.8 Å². The fourth-order valence-electron chi connectivity index (χ4n) is 0.0412. The topological polar surface area (TPSA) is 20.2 Å². The van der Waals surface area contributed by atoms with Crippen molar-refractivity contribution in [1.82, 2.24) is 0 Å². The van der Waals surface area contributed by atoms with Crippen molar-refractivity contribution in [2.45, 2.75) is 6.10 Å². The van der Waals surface area contributed by atoms with Crippen LogP contribution in [0.15, 0.2) is 0 Å². The molecule has 0 rings (SSSR count). The van der Waals surface area contributed by atoms with Crippen LogP contribution in [0.5, 0.6) is 0 Å². The molecule has 0 aliphatic heterocycles. The Labute approximate surface area is 46.9 Å². The maximum Gasteiger partial charge on any atom is 0.0810 e. The highest BCUT2D eigenvalue weighted by atomic mass is 35.5. The Kier molecular flexibility index (Phi) is 4.06. The van der Waals surface area contributed by atoms with E-state index >= 15 is 0 Å². The Balaban J connectivity index is 2.75. The van der Waals surface area contributed by atoms with Crippen molar-refractivity contribution < 1.29 is 5.11 Å². The van der Waals surface area contributed by atoms with Gasteiger partial charge in [0, 0.05) is 11.8 Å². The predicted octanol–water partition coefficient (Wildman–Crippen LogP) is 0.825. The first-order valence-electron chi connectivity index (χ1n) is 1.61. The maximum absolute atomic E-state index is 8.40. The molecule has 0 saturated carbocycles. The van der Waals surface area contributed by atoms with Crippen molar-refractivity contribution in [2.24, 2.45) is 0 Å². The summed E-state index contributed by atoms with van der Waals surface area (Å²) < 4.78 is 0. The van der Waals surface area contributed by atoms with E-state index in [1.165, 1.54) is 0 Å². The number of halogens is 2. The number of hydrogen-bond donors (Lipinski definition) is 1. The van der Waals surface area contributed by atoms with Crippen LogP contribution >= 0.6 is 23.2 Å². The monoisotopic (exact) mass is 130 g/mol. The van der Waals surface area contributed by atoms with Crippen molar-refractivity contribution in [3.8, 4) is 0 Å². The molecule has 6 heavy (non-hydrogen) atoms. The molecule has 0 heterocycles. The van der Waals surface area contributed by atoms with Gasteiger partial charge in [-0.3, -0.25) is 0 Å². The van der Waals surface area contributed by atoms with Gasteiger partial charge in [-0.05, 0) is 0 Å². The fraction of sp³-hybridized carbons (Fsp3) is 1.00. The summed E-state index contributed by atoms with van der Waals surface area (Å²) in [6.45, 7) is 0. The normalized spacial score (nSPS) is 10.0. The van der Waals surface area contributed by atoms with Gasteiger partial charge in [0.25, 0.3) is 0 Å². The smallest absolute Gasteiger partial charge is 0.0810 e. The number of aliphatic hydroxyl groups is 1. The fourth-order valence-corrected chi connectivity index (χ4v) is 0.371. The summed E-state index contributed by atoms with van der Waals surface area (Å²) in [5, 5.41) is 8.40. The van der Waals surface area contributed by atoms with Crippen LogP contribution in [-0.2, 0) is 0 Å². The molecule has 0 unspecified atom stereocenters. The van der Waals surface area contributed by atoms with Crippen LogP contribution in [0.3, 0.4) is 0 Å². The predicted molar refractivity (Wildman–Crippen MR) is 27.4 cm³/mol. The van der Waals surface area contributed by atoms with E-state index in [0.717, 1.165) is 0 Å². The van der Waals surface area contributed by atoms with E-state index in [0.29, 0.717) is 0 Å². The molecule has 38 valence electrons. The molecular weight excluding hydrogens is 125 g/mol. The first kappa shape index (κ1) is 6.54. The Morgan fingerprint density at radius 3 is 1.67 bits per heavy atom. The summed E-state index contributed by atoms with van der Waals surface area (Å²) in [6, 6.07) is 0. The Morgan fingerprint density at radius 1 is 1.33 bits per heavy atom. The Hall–Kier alpha value is 0.540. The first-order valence-corrected chi connectivity index (χ1v) is 2.68. The SMILES string of the molecule is O[14CH](CCl)CCl. The molecule has 0 aliphatic rings. The van der Waals surface area contributed by atoms with E-state index in [1.54, 1.807) is 0 Å². The zero-order chi connectivity index (χ0) is 4.99. The second-order valence-corrected chi connectivity index (χ2v) is 1.58. The molecule has 3 heteroatoms. The van der Waals surface area contributed by atoms with Gasteiger partial charge in [-0.25, -0.2) is 0 Å². The van der Waals surface area contributed by atoms with Crippen LogP contribution in [0.4, 0.5) is 0 Å². The van der Waals surface area contributed by atoms with Gasteiger partial charge >= 0.3 is 0 Å². The van der Waals surface area contributed by atoms with Gasteiger partial charge < -0.3 is 5.11 Å². The van der Waals surface area contributed by atoms with Gasteiger partial charge in [0.1, 0.15) is 0 Å². The Bertz CT molecular complexity index is 28.0. The summed E-state index contributed by atoms with van der Waals surface area (Å²) in [7, 11) is 0. The largest absolute Gasteiger partial charge is 0.391 e. The highest BCUT2D eigenvalue weighted by Crippen LogP contribution is 1.88. The standard InChI is InChI=1S/C3H6Cl2O/c4-1-3(6)2-5/h3,6H,1-2H2/i3+2.